The van der Waals surface area contributed by atoms with E-state index in [1.54, 1.807) is 0 Å². The van der Waals surface area contributed by atoms with Crippen LogP contribution in [0.3, 0.4) is 0 Å². The van der Waals surface area contributed by atoms with E-state index in [1.807, 2.05) is 19.2 Å². The highest BCUT2D eigenvalue weighted by Gasteiger charge is 2.45. The molecule has 0 saturated heterocycles. The van der Waals surface area contributed by atoms with Crippen LogP contribution in [0.2, 0.25) is 0 Å². The van der Waals surface area contributed by atoms with Gasteiger partial charge in [-0.15, -0.1) is 0 Å². The van der Waals surface area contributed by atoms with E-state index in [0.29, 0.717) is 13.2 Å². The Labute approximate surface area is 89.4 Å². The van der Waals surface area contributed by atoms with Crippen molar-refractivity contribution in [3.8, 4) is 11.5 Å². The number of hydrogen-bond acceptors (Lipinski definition) is 3. The van der Waals surface area contributed by atoms with Crippen LogP contribution in [0.1, 0.15) is 18.4 Å². The molecular formula is C12H15NO2. The SMILES string of the molecule is CNC1(c2cccc3c2OCCO3)CC1. The maximum absolute atomic E-state index is 5.72. The molecule has 1 aliphatic heterocycles. The van der Waals surface area contributed by atoms with Gasteiger partial charge in [0.25, 0.3) is 0 Å². The summed E-state index contributed by atoms with van der Waals surface area (Å²) in [4.78, 5) is 0. The summed E-state index contributed by atoms with van der Waals surface area (Å²) in [6, 6.07) is 6.15. The summed E-state index contributed by atoms with van der Waals surface area (Å²) >= 11 is 0. The molecule has 1 heterocycles. The summed E-state index contributed by atoms with van der Waals surface area (Å²) in [5, 5.41) is 3.38. The van der Waals surface area contributed by atoms with Gasteiger partial charge < -0.3 is 14.8 Å². The Morgan fingerprint density at radius 1 is 1.20 bits per heavy atom. The van der Waals surface area contributed by atoms with E-state index in [4.69, 9.17) is 9.47 Å². The Bertz CT molecular complexity index is 385. The highest BCUT2D eigenvalue weighted by Crippen LogP contribution is 2.51. The molecule has 1 aromatic rings. The van der Waals surface area contributed by atoms with Gasteiger partial charge in [-0.05, 0) is 26.0 Å². The first-order valence-electron chi connectivity index (χ1n) is 5.44. The van der Waals surface area contributed by atoms with Crippen molar-refractivity contribution in [2.45, 2.75) is 18.4 Å². The van der Waals surface area contributed by atoms with E-state index >= 15 is 0 Å². The molecule has 3 nitrogen and oxygen atoms in total. The molecule has 0 unspecified atom stereocenters. The number of ether oxygens (including phenoxy) is 2. The topological polar surface area (TPSA) is 30.5 Å². The molecule has 0 atom stereocenters. The summed E-state index contributed by atoms with van der Waals surface area (Å²) in [6.07, 6.45) is 2.37. The highest BCUT2D eigenvalue weighted by molar-refractivity contribution is 5.52. The third kappa shape index (κ3) is 1.30. The third-order valence-electron chi connectivity index (χ3n) is 3.31. The van der Waals surface area contributed by atoms with Crippen LogP contribution in [0.5, 0.6) is 11.5 Å². The monoisotopic (exact) mass is 205 g/mol. The second-order valence-corrected chi connectivity index (χ2v) is 4.16. The fourth-order valence-corrected chi connectivity index (χ4v) is 2.23. The van der Waals surface area contributed by atoms with E-state index < -0.39 is 0 Å². The maximum atomic E-state index is 5.72. The molecule has 0 amide bonds. The van der Waals surface area contributed by atoms with Crippen LogP contribution in [0.4, 0.5) is 0 Å². The Kier molecular flexibility index (Phi) is 1.89. The number of hydrogen-bond donors (Lipinski definition) is 1. The molecule has 0 radical (unpaired) electrons. The van der Waals surface area contributed by atoms with E-state index in [1.165, 1.54) is 18.4 Å². The minimum absolute atomic E-state index is 0.145. The highest BCUT2D eigenvalue weighted by atomic mass is 16.6. The van der Waals surface area contributed by atoms with Crippen molar-refractivity contribution < 1.29 is 9.47 Å². The first-order valence-corrected chi connectivity index (χ1v) is 5.44. The number of benzene rings is 1. The van der Waals surface area contributed by atoms with Crippen LogP contribution >= 0.6 is 0 Å². The lowest BCUT2D eigenvalue weighted by molar-refractivity contribution is 0.168. The molecule has 3 heteroatoms. The predicted octanol–water partition coefficient (Wildman–Crippen LogP) is 1.67. The fourth-order valence-electron chi connectivity index (χ4n) is 2.23. The Morgan fingerprint density at radius 3 is 2.73 bits per heavy atom. The lowest BCUT2D eigenvalue weighted by Gasteiger charge is -2.24. The lowest BCUT2D eigenvalue weighted by Crippen LogP contribution is -2.27. The first-order chi connectivity index (χ1) is 7.36. The number of para-hydroxylation sites is 1. The molecule has 3 rings (SSSR count). The van der Waals surface area contributed by atoms with Crippen molar-refractivity contribution in [3.63, 3.8) is 0 Å². The van der Waals surface area contributed by atoms with Crippen LogP contribution in [0.15, 0.2) is 18.2 Å². The van der Waals surface area contributed by atoms with Crippen molar-refractivity contribution in [1.82, 2.24) is 5.32 Å². The predicted molar refractivity (Wildman–Crippen MR) is 57.4 cm³/mol. The molecule has 1 fully saturated rings. The van der Waals surface area contributed by atoms with Gasteiger partial charge in [0, 0.05) is 11.1 Å². The smallest absolute Gasteiger partial charge is 0.166 e. The number of nitrogens with one attached hydrogen (secondary N) is 1. The van der Waals surface area contributed by atoms with Gasteiger partial charge in [0.2, 0.25) is 0 Å². The van der Waals surface area contributed by atoms with Crippen molar-refractivity contribution in [2.24, 2.45) is 0 Å². The van der Waals surface area contributed by atoms with Gasteiger partial charge in [0.1, 0.15) is 13.2 Å². The Hall–Kier alpha value is -1.22. The molecule has 1 N–H and O–H groups in total. The van der Waals surface area contributed by atoms with Crippen LogP contribution in [0, 0.1) is 0 Å². The standard InChI is InChI=1S/C12H15NO2/c1-13-12(5-6-12)9-3-2-4-10-11(9)15-8-7-14-10/h2-4,13H,5-8H2,1H3. The number of fused-ring (bicyclic) bond motifs is 1. The summed E-state index contributed by atoms with van der Waals surface area (Å²) in [6.45, 7) is 1.31. The maximum Gasteiger partial charge on any atom is 0.166 e. The number of rotatable bonds is 2. The molecule has 1 aliphatic carbocycles. The summed E-state index contributed by atoms with van der Waals surface area (Å²) in [7, 11) is 2.01. The zero-order valence-electron chi connectivity index (χ0n) is 8.88. The average Bonchev–Trinajstić information content (AvgIpc) is 3.09. The second kappa shape index (κ2) is 3.14. The fraction of sp³-hybridized carbons (Fsp3) is 0.500. The zero-order chi connectivity index (χ0) is 10.3. The zero-order valence-corrected chi connectivity index (χ0v) is 8.88. The second-order valence-electron chi connectivity index (χ2n) is 4.16. The van der Waals surface area contributed by atoms with Gasteiger partial charge in [-0.1, -0.05) is 12.1 Å². The van der Waals surface area contributed by atoms with Gasteiger partial charge in [-0.25, -0.2) is 0 Å². The van der Waals surface area contributed by atoms with E-state index in [9.17, 15) is 0 Å². The van der Waals surface area contributed by atoms with E-state index in [2.05, 4.69) is 11.4 Å². The molecule has 80 valence electrons. The molecule has 1 aromatic carbocycles. The minimum atomic E-state index is 0.145. The van der Waals surface area contributed by atoms with Crippen LogP contribution in [-0.2, 0) is 5.54 Å². The molecule has 15 heavy (non-hydrogen) atoms. The summed E-state index contributed by atoms with van der Waals surface area (Å²) in [5.74, 6) is 1.83. The third-order valence-corrected chi connectivity index (χ3v) is 3.31. The van der Waals surface area contributed by atoms with Gasteiger partial charge >= 0.3 is 0 Å². The van der Waals surface area contributed by atoms with Gasteiger partial charge in [0.15, 0.2) is 11.5 Å². The van der Waals surface area contributed by atoms with Gasteiger partial charge in [0.05, 0.1) is 0 Å². The molecule has 1 saturated carbocycles. The molecule has 0 aromatic heterocycles. The van der Waals surface area contributed by atoms with Crippen LogP contribution in [-0.4, -0.2) is 20.3 Å². The van der Waals surface area contributed by atoms with Crippen molar-refractivity contribution in [3.05, 3.63) is 23.8 Å². The lowest BCUT2D eigenvalue weighted by atomic mass is 10.0. The molecule has 2 aliphatic rings. The normalized spacial score (nSPS) is 21.1. The van der Waals surface area contributed by atoms with Crippen molar-refractivity contribution in [2.75, 3.05) is 20.3 Å². The quantitative estimate of drug-likeness (QED) is 0.796. The van der Waals surface area contributed by atoms with Crippen molar-refractivity contribution in [1.29, 1.82) is 0 Å². The van der Waals surface area contributed by atoms with E-state index in [-0.39, 0.29) is 5.54 Å². The van der Waals surface area contributed by atoms with Crippen LogP contribution in [0.25, 0.3) is 0 Å². The summed E-state index contributed by atoms with van der Waals surface area (Å²) < 4.78 is 11.3. The van der Waals surface area contributed by atoms with Crippen molar-refractivity contribution >= 4 is 0 Å². The Morgan fingerprint density at radius 2 is 2.00 bits per heavy atom. The van der Waals surface area contributed by atoms with Crippen LogP contribution < -0.4 is 14.8 Å². The molecule has 0 bridgehead atoms. The molecular weight excluding hydrogens is 190 g/mol. The average molecular weight is 205 g/mol. The van der Waals surface area contributed by atoms with Gasteiger partial charge in [-0.2, -0.15) is 0 Å². The van der Waals surface area contributed by atoms with Gasteiger partial charge in [-0.3, -0.25) is 0 Å². The van der Waals surface area contributed by atoms with E-state index in [0.717, 1.165) is 11.5 Å². The first kappa shape index (κ1) is 9.04. The minimum Gasteiger partial charge on any atom is -0.486 e. The summed E-state index contributed by atoms with van der Waals surface area (Å²) in [5.41, 5.74) is 1.40. The largest absolute Gasteiger partial charge is 0.486 e. The molecule has 0 spiro atoms. The Balaban J connectivity index is 2.08.